The molecule has 0 radical (unpaired) electrons. The Balaban J connectivity index is 0.000000120. The first-order chi connectivity index (χ1) is 14.5. The zero-order chi connectivity index (χ0) is 21.3. The van der Waals surface area contributed by atoms with E-state index in [-0.39, 0.29) is 24.0 Å². The van der Waals surface area contributed by atoms with Crippen molar-refractivity contribution < 1.29 is 29.3 Å². The van der Waals surface area contributed by atoms with Crippen molar-refractivity contribution in [2.45, 2.75) is 75.8 Å². The molecule has 0 amide bonds. The summed E-state index contributed by atoms with van der Waals surface area (Å²) < 4.78 is 10.4. The minimum absolute atomic E-state index is 0.135. The van der Waals surface area contributed by atoms with Crippen molar-refractivity contribution in [1.29, 1.82) is 0 Å². The van der Waals surface area contributed by atoms with Crippen LogP contribution in [0.15, 0.2) is 48.6 Å². The van der Waals surface area contributed by atoms with Gasteiger partial charge < -0.3 is 19.7 Å². The Labute approximate surface area is 177 Å². The zero-order valence-corrected chi connectivity index (χ0v) is 17.3. The van der Waals surface area contributed by atoms with Crippen LogP contribution >= 0.6 is 0 Å². The predicted molar refractivity (Wildman–Crippen MR) is 113 cm³/mol. The van der Waals surface area contributed by atoms with E-state index in [9.17, 15) is 9.59 Å². The minimum atomic E-state index is -0.658. The Bertz CT molecular complexity index is 626. The highest BCUT2D eigenvalue weighted by Gasteiger charge is 2.46. The molecule has 0 spiro atoms. The number of carboxylic acids is 2. The summed E-state index contributed by atoms with van der Waals surface area (Å²) in [6, 6.07) is 0. The van der Waals surface area contributed by atoms with Crippen LogP contribution in [-0.4, -0.2) is 46.6 Å². The summed E-state index contributed by atoms with van der Waals surface area (Å²) in [5.41, 5.74) is 0. The normalized spacial score (nSPS) is 35.3. The molecule has 6 rings (SSSR count). The molecule has 6 heteroatoms. The summed E-state index contributed by atoms with van der Waals surface area (Å²) in [6.07, 6.45) is 25.4. The summed E-state index contributed by atoms with van der Waals surface area (Å²) in [4.78, 5) is 20.9. The standard InChI is InChI=1S/2C7H10O3.2C5H6/c2*8-7(9)4-1-2-5-6(3-4)10-5;2*1-2-4-5-3-1/h2*4-6H,1-3H2,(H,8,9);2*1-4H,5H2. The van der Waals surface area contributed by atoms with E-state index in [0.29, 0.717) is 12.2 Å². The van der Waals surface area contributed by atoms with E-state index >= 15 is 0 Å². The van der Waals surface area contributed by atoms with Crippen LogP contribution in [0.1, 0.15) is 51.4 Å². The van der Waals surface area contributed by atoms with E-state index in [4.69, 9.17) is 19.7 Å². The fourth-order valence-electron chi connectivity index (χ4n) is 4.04. The molecule has 0 aromatic carbocycles. The third-order valence-corrected chi connectivity index (χ3v) is 6.02. The number of hydrogen-bond donors (Lipinski definition) is 2. The van der Waals surface area contributed by atoms with Gasteiger partial charge in [0.25, 0.3) is 0 Å². The fourth-order valence-corrected chi connectivity index (χ4v) is 4.04. The molecule has 6 atom stereocenters. The molecule has 0 aromatic heterocycles. The van der Waals surface area contributed by atoms with Crippen LogP contribution < -0.4 is 0 Å². The number of carbonyl (C=O) groups is 2. The van der Waals surface area contributed by atoms with E-state index < -0.39 is 11.9 Å². The lowest BCUT2D eigenvalue weighted by Gasteiger charge is -2.12. The maximum atomic E-state index is 10.5. The van der Waals surface area contributed by atoms with Gasteiger partial charge in [-0.2, -0.15) is 0 Å². The summed E-state index contributed by atoms with van der Waals surface area (Å²) in [5.74, 6) is -1.59. The van der Waals surface area contributed by atoms with Gasteiger partial charge in [0.15, 0.2) is 0 Å². The predicted octanol–water partition coefficient (Wildman–Crippen LogP) is 4.28. The largest absolute Gasteiger partial charge is 0.481 e. The van der Waals surface area contributed by atoms with E-state index in [2.05, 4.69) is 48.6 Å². The van der Waals surface area contributed by atoms with E-state index in [1.54, 1.807) is 0 Å². The SMILES string of the molecule is C1=CCC=C1.C1=CCC=C1.O=C(O)C1CCC2OC2C1.O=C(O)C1CCC2OC2C1. The molecule has 2 aliphatic heterocycles. The van der Waals surface area contributed by atoms with Crippen LogP contribution in [0.5, 0.6) is 0 Å². The first-order valence-corrected chi connectivity index (χ1v) is 10.9. The average molecular weight is 417 g/mol. The van der Waals surface area contributed by atoms with Crippen LogP contribution in [0.3, 0.4) is 0 Å². The fraction of sp³-hybridized carbons (Fsp3) is 0.583. The molecule has 30 heavy (non-hydrogen) atoms. The van der Waals surface area contributed by atoms with Gasteiger partial charge in [-0.25, -0.2) is 0 Å². The summed E-state index contributed by atoms with van der Waals surface area (Å²) >= 11 is 0. The molecule has 6 aliphatic rings. The number of epoxide rings is 2. The zero-order valence-electron chi connectivity index (χ0n) is 17.3. The van der Waals surface area contributed by atoms with Crippen LogP contribution in [0.4, 0.5) is 0 Å². The van der Waals surface area contributed by atoms with Gasteiger partial charge in [-0.15, -0.1) is 0 Å². The van der Waals surface area contributed by atoms with E-state index in [1.807, 2.05) is 0 Å². The van der Waals surface area contributed by atoms with Crippen molar-refractivity contribution in [2.75, 3.05) is 0 Å². The van der Waals surface area contributed by atoms with Crippen LogP contribution in [0.25, 0.3) is 0 Å². The van der Waals surface area contributed by atoms with E-state index in [0.717, 1.165) is 51.4 Å². The molecule has 6 nitrogen and oxygen atoms in total. The molecule has 2 saturated heterocycles. The lowest BCUT2D eigenvalue weighted by atomic mass is 9.90. The van der Waals surface area contributed by atoms with Crippen molar-refractivity contribution in [3.8, 4) is 0 Å². The number of aliphatic carboxylic acids is 2. The van der Waals surface area contributed by atoms with Crippen LogP contribution in [0.2, 0.25) is 0 Å². The Morgan fingerprint density at radius 2 is 0.967 bits per heavy atom. The molecular formula is C24H32O6. The molecule has 4 fully saturated rings. The number of fused-ring (bicyclic) bond motifs is 2. The second-order valence-electron chi connectivity index (χ2n) is 8.31. The smallest absolute Gasteiger partial charge is 0.306 e. The molecule has 6 unspecified atom stereocenters. The van der Waals surface area contributed by atoms with Gasteiger partial charge >= 0.3 is 11.9 Å². The number of hydrogen-bond acceptors (Lipinski definition) is 4. The summed E-state index contributed by atoms with van der Waals surface area (Å²) in [5, 5.41) is 17.2. The number of ether oxygens (including phenoxy) is 2. The van der Waals surface area contributed by atoms with Crippen molar-refractivity contribution in [3.05, 3.63) is 48.6 Å². The molecule has 2 saturated carbocycles. The van der Waals surface area contributed by atoms with Gasteiger partial charge in [-0.1, -0.05) is 48.6 Å². The van der Waals surface area contributed by atoms with Gasteiger partial charge in [-0.05, 0) is 51.4 Å². The van der Waals surface area contributed by atoms with Crippen LogP contribution in [-0.2, 0) is 19.1 Å². The van der Waals surface area contributed by atoms with Gasteiger partial charge in [0.1, 0.15) is 0 Å². The highest BCUT2D eigenvalue weighted by molar-refractivity contribution is 5.70. The highest BCUT2D eigenvalue weighted by Crippen LogP contribution is 2.40. The Morgan fingerprint density at radius 3 is 1.20 bits per heavy atom. The van der Waals surface area contributed by atoms with Crippen molar-refractivity contribution >= 4 is 11.9 Å². The minimum Gasteiger partial charge on any atom is -0.481 e. The third-order valence-electron chi connectivity index (χ3n) is 6.02. The molecule has 2 heterocycles. The average Bonchev–Trinajstić information content (AvgIpc) is 3.48. The van der Waals surface area contributed by atoms with Gasteiger partial charge in [0.05, 0.1) is 36.3 Å². The van der Waals surface area contributed by atoms with Crippen molar-refractivity contribution in [1.82, 2.24) is 0 Å². The Hall–Kier alpha value is -2.18. The van der Waals surface area contributed by atoms with Crippen molar-refractivity contribution in [3.63, 3.8) is 0 Å². The topological polar surface area (TPSA) is 99.7 Å². The second-order valence-corrected chi connectivity index (χ2v) is 8.31. The number of carboxylic acid groups (broad SMARTS) is 2. The third kappa shape index (κ3) is 7.58. The molecule has 164 valence electrons. The first-order valence-electron chi connectivity index (χ1n) is 10.9. The maximum absolute atomic E-state index is 10.5. The van der Waals surface area contributed by atoms with Crippen molar-refractivity contribution in [2.24, 2.45) is 11.8 Å². The molecule has 4 aliphatic carbocycles. The number of rotatable bonds is 2. The lowest BCUT2D eigenvalue weighted by Crippen LogP contribution is -2.21. The Morgan fingerprint density at radius 1 is 0.600 bits per heavy atom. The number of allylic oxidation sites excluding steroid dienone is 8. The maximum Gasteiger partial charge on any atom is 0.306 e. The molecular weight excluding hydrogens is 384 g/mol. The lowest BCUT2D eigenvalue weighted by molar-refractivity contribution is -0.143. The van der Waals surface area contributed by atoms with Gasteiger partial charge in [-0.3, -0.25) is 9.59 Å². The van der Waals surface area contributed by atoms with Gasteiger partial charge in [0.2, 0.25) is 0 Å². The molecule has 2 N–H and O–H groups in total. The summed E-state index contributed by atoms with van der Waals surface area (Å²) in [7, 11) is 0. The quantitative estimate of drug-likeness (QED) is 0.652. The van der Waals surface area contributed by atoms with E-state index in [1.165, 1.54) is 0 Å². The Kier molecular flexibility index (Phi) is 8.46. The van der Waals surface area contributed by atoms with Crippen LogP contribution in [0, 0.1) is 11.8 Å². The molecule has 0 bridgehead atoms. The monoisotopic (exact) mass is 416 g/mol. The highest BCUT2D eigenvalue weighted by atomic mass is 16.6. The summed E-state index contributed by atoms with van der Waals surface area (Å²) in [6.45, 7) is 0. The molecule has 0 aromatic rings. The van der Waals surface area contributed by atoms with Gasteiger partial charge in [0, 0.05) is 0 Å². The first kappa shape index (κ1) is 22.5. The second kappa shape index (κ2) is 11.3.